The van der Waals surface area contributed by atoms with E-state index in [1.54, 1.807) is 12.1 Å². The van der Waals surface area contributed by atoms with Crippen LogP contribution in [0.3, 0.4) is 0 Å². The maximum Gasteiger partial charge on any atom is 0.336 e. The molecule has 0 aromatic heterocycles. The van der Waals surface area contributed by atoms with Gasteiger partial charge in [0, 0.05) is 5.56 Å². The summed E-state index contributed by atoms with van der Waals surface area (Å²) in [6.45, 7) is 6.33. The highest BCUT2D eigenvalue weighted by atomic mass is 16.5. The van der Waals surface area contributed by atoms with E-state index < -0.39 is 5.97 Å². The summed E-state index contributed by atoms with van der Waals surface area (Å²) in [7, 11) is 0. The minimum absolute atomic E-state index is 0.210. The molecule has 0 spiro atoms. The molecule has 0 aliphatic heterocycles. The van der Waals surface area contributed by atoms with Crippen molar-refractivity contribution in [2.75, 3.05) is 0 Å². The van der Waals surface area contributed by atoms with E-state index in [2.05, 4.69) is 13.8 Å². The van der Waals surface area contributed by atoms with Gasteiger partial charge in [0.2, 0.25) is 0 Å². The van der Waals surface area contributed by atoms with Crippen molar-refractivity contribution < 1.29 is 14.6 Å². The average Bonchev–Trinajstić information content (AvgIpc) is 2.30. The minimum Gasteiger partial charge on any atom is -0.490 e. The highest BCUT2D eigenvalue weighted by Crippen LogP contribution is 2.32. The number of rotatable bonds is 3. The third kappa shape index (κ3) is 3.28. The summed E-state index contributed by atoms with van der Waals surface area (Å²) in [5.41, 5.74) is 1.05. The lowest BCUT2D eigenvalue weighted by Crippen LogP contribution is -2.28. The van der Waals surface area contributed by atoms with Gasteiger partial charge in [0.25, 0.3) is 0 Å². The Bertz CT molecular complexity index is 457. The molecular weight excluding hydrogens is 240 g/mol. The molecule has 1 N–H and O–H groups in total. The van der Waals surface area contributed by atoms with Gasteiger partial charge >= 0.3 is 5.97 Å². The zero-order valence-electron chi connectivity index (χ0n) is 11.8. The van der Waals surface area contributed by atoms with Gasteiger partial charge in [0.1, 0.15) is 5.75 Å². The van der Waals surface area contributed by atoms with E-state index >= 15 is 0 Å². The van der Waals surface area contributed by atoms with Gasteiger partial charge in [-0.25, -0.2) is 4.79 Å². The van der Waals surface area contributed by atoms with Crippen LogP contribution < -0.4 is 4.74 Å². The number of carbonyl (C=O) groups is 1. The van der Waals surface area contributed by atoms with Crippen molar-refractivity contribution in [3.05, 3.63) is 29.3 Å². The Morgan fingerprint density at radius 1 is 1.21 bits per heavy atom. The smallest absolute Gasteiger partial charge is 0.336 e. The molecule has 1 aliphatic carbocycles. The average molecular weight is 262 g/mol. The molecule has 3 heteroatoms. The molecule has 2 unspecified atom stereocenters. The van der Waals surface area contributed by atoms with Crippen LogP contribution in [-0.4, -0.2) is 17.2 Å². The van der Waals surface area contributed by atoms with Gasteiger partial charge < -0.3 is 9.84 Å². The highest BCUT2D eigenvalue weighted by Gasteiger charge is 2.26. The molecule has 1 saturated carbocycles. The number of ether oxygens (including phenoxy) is 1. The number of carboxylic acid groups (broad SMARTS) is 1. The van der Waals surface area contributed by atoms with Crippen LogP contribution >= 0.6 is 0 Å². The molecule has 0 amide bonds. The highest BCUT2D eigenvalue weighted by molar-refractivity contribution is 5.90. The maximum atomic E-state index is 11.1. The van der Waals surface area contributed by atoms with Crippen molar-refractivity contribution in [1.29, 1.82) is 0 Å². The topological polar surface area (TPSA) is 46.5 Å². The summed E-state index contributed by atoms with van der Waals surface area (Å²) in [6.07, 6.45) is 3.58. The second-order valence-corrected chi connectivity index (χ2v) is 5.89. The minimum atomic E-state index is -0.895. The lowest BCUT2D eigenvalue weighted by molar-refractivity contribution is 0.0692. The second kappa shape index (κ2) is 5.64. The number of hydrogen-bond acceptors (Lipinski definition) is 2. The van der Waals surface area contributed by atoms with E-state index in [4.69, 9.17) is 9.84 Å². The Balaban J connectivity index is 2.15. The summed E-state index contributed by atoms with van der Waals surface area (Å²) in [5, 5.41) is 9.12. The molecule has 19 heavy (non-hydrogen) atoms. The fraction of sp³-hybridized carbons (Fsp3) is 0.562. The molecule has 0 radical (unpaired) electrons. The number of hydrogen-bond donors (Lipinski definition) is 1. The van der Waals surface area contributed by atoms with E-state index in [-0.39, 0.29) is 6.10 Å². The Hall–Kier alpha value is -1.51. The zero-order valence-corrected chi connectivity index (χ0v) is 11.8. The van der Waals surface area contributed by atoms with Crippen molar-refractivity contribution in [1.82, 2.24) is 0 Å². The first-order valence-corrected chi connectivity index (χ1v) is 6.97. The largest absolute Gasteiger partial charge is 0.490 e. The van der Waals surface area contributed by atoms with Crippen molar-refractivity contribution in [3.63, 3.8) is 0 Å². The van der Waals surface area contributed by atoms with E-state index in [0.717, 1.165) is 18.4 Å². The van der Waals surface area contributed by atoms with Crippen LogP contribution in [0.5, 0.6) is 5.75 Å². The van der Waals surface area contributed by atoms with Crippen LogP contribution in [0.1, 0.15) is 49.0 Å². The fourth-order valence-electron chi connectivity index (χ4n) is 3.12. The number of carboxylic acids is 1. The quantitative estimate of drug-likeness (QED) is 0.898. The van der Waals surface area contributed by atoms with Crippen LogP contribution in [-0.2, 0) is 0 Å². The third-order valence-corrected chi connectivity index (χ3v) is 3.94. The molecular formula is C16H22O3. The zero-order chi connectivity index (χ0) is 14.0. The van der Waals surface area contributed by atoms with E-state index in [1.807, 2.05) is 13.0 Å². The van der Waals surface area contributed by atoms with Crippen molar-refractivity contribution >= 4 is 5.97 Å². The van der Waals surface area contributed by atoms with E-state index in [1.165, 1.54) is 6.42 Å². The Labute approximate surface area is 114 Å². The summed E-state index contributed by atoms with van der Waals surface area (Å²) >= 11 is 0. The van der Waals surface area contributed by atoms with Crippen LogP contribution in [0.15, 0.2) is 18.2 Å². The maximum absolute atomic E-state index is 11.1. The predicted molar refractivity (Wildman–Crippen MR) is 74.7 cm³/mol. The normalized spacial score (nSPS) is 27.0. The van der Waals surface area contributed by atoms with Gasteiger partial charge in [-0.05, 0) is 50.2 Å². The van der Waals surface area contributed by atoms with Gasteiger partial charge in [-0.2, -0.15) is 0 Å². The monoisotopic (exact) mass is 262 g/mol. The second-order valence-electron chi connectivity index (χ2n) is 5.89. The van der Waals surface area contributed by atoms with Crippen molar-refractivity contribution in [2.45, 2.75) is 46.1 Å². The molecule has 0 bridgehead atoms. The molecule has 1 fully saturated rings. The molecule has 104 valence electrons. The first-order valence-electron chi connectivity index (χ1n) is 6.97. The van der Waals surface area contributed by atoms with Crippen LogP contribution in [0, 0.1) is 18.8 Å². The molecule has 1 aromatic rings. The van der Waals surface area contributed by atoms with Crippen molar-refractivity contribution in [2.24, 2.45) is 11.8 Å². The molecule has 0 saturated heterocycles. The van der Waals surface area contributed by atoms with Gasteiger partial charge in [-0.3, -0.25) is 0 Å². The summed E-state index contributed by atoms with van der Waals surface area (Å²) in [6, 6.07) is 5.24. The van der Waals surface area contributed by atoms with Crippen LogP contribution in [0.25, 0.3) is 0 Å². The summed E-state index contributed by atoms with van der Waals surface area (Å²) < 4.78 is 6.05. The summed E-state index contributed by atoms with van der Waals surface area (Å²) in [4.78, 5) is 11.1. The molecule has 1 aliphatic rings. The Morgan fingerprint density at radius 2 is 1.84 bits per heavy atom. The summed E-state index contributed by atoms with van der Waals surface area (Å²) in [5.74, 6) is 1.17. The van der Waals surface area contributed by atoms with E-state index in [0.29, 0.717) is 23.1 Å². The first kappa shape index (κ1) is 13.9. The standard InChI is InChI=1S/C16H22O3/c1-10-7-11(2)9-13(8-10)19-15-6-4-5-14(12(15)3)16(17)18/h4-6,10-11,13H,7-9H2,1-3H3,(H,17,18). The first-order chi connectivity index (χ1) is 8.97. The lowest BCUT2D eigenvalue weighted by Gasteiger charge is -2.32. The van der Waals surface area contributed by atoms with Gasteiger partial charge in [0.05, 0.1) is 11.7 Å². The van der Waals surface area contributed by atoms with Crippen LogP contribution in [0.2, 0.25) is 0 Å². The predicted octanol–water partition coefficient (Wildman–Crippen LogP) is 3.90. The SMILES string of the molecule is Cc1c(OC2CC(C)CC(C)C2)cccc1C(=O)O. The Morgan fingerprint density at radius 3 is 2.42 bits per heavy atom. The van der Waals surface area contributed by atoms with Gasteiger partial charge in [-0.1, -0.05) is 19.9 Å². The number of benzene rings is 1. The van der Waals surface area contributed by atoms with Gasteiger partial charge in [0.15, 0.2) is 0 Å². The molecule has 3 nitrogen and oxygen atoms in total. The van der Waals surface area contributed by atoms with Crippen LogP contribution in [0.4, 0.5) is 0 Å². The Kier molecular flexibility index (Phi) is 4.13. The molecule has 1 aromatic carbocycles. The van der Waals surface area contributed by atoms with E-state index in [9.17, 15) is 4.79 Å². The molecule has 2 rings (SSSR count). The third-order valence-electron chi connectivity index (χ3n) is 3.94. The number of aromatic carboxylic acids is 1. The lowest BCUT2D eigenvalue weighted by atomic mass is 9.82. The van der Waals surface area contributed by atoms with Gasteiger partial charge in [-0.15, -0.1) is 0 Å². The van der Waals surface area contributed by atoms with Crippen molar-refractivity contribution in [3.8, 4) is 5.75 Å². The molecule has 2 atom stereocenters. The molecule has 0 heterocycles. The fourth-order valence-corrected chi connectivity index (χ4v) is 3.12.